The Balaban J connectivity index is 0.940. The van der Waals surface area contributed by atoms with E-state index in [0.29, 0.717) is 11.5 Å². The van der Waals surface area contributed by atoms with Crippen LogP contribution in [0.5, 0.6) is 11.5 Å². The topological polar surface area (TPSA) is 45.7 Å². The molecule has 10 aromatic carbocycles. The highest BCUT2D eigenvalue weighted by molar-refractivity contribution is 6.40. The molecule has 0 aliphatic carbocycles. The average Bonchev–Trinajstić information content (AvgIpc) is 4.27. The molecule has 0 aliphatic heterocycles. The van der Waals surface area contributed by atoms with Gasteiger partial charge in [-0.15, -0.1) is 0 Å². The Hall–Kier alpha value is -9.98. The van der Waals surface area contributed by atoms with Crippen molar-refractivity contribution in [3.05, 3.63) is 255 Å². The molecule has 7 heteroatoms. The molecule has 0 saturated heterocycles. The van der Waals surface area contributed by atoms with Gasteiger partial charge in [-0.3, -0.25) is 13.7 Å². The van der Waals surface area contributed by atoms with E-state index in [1.54, 1.807) is 0 Å². The van der Waals surface area contributed by atoms with Crippen molar-refractivity contribution < 1.29 is 9.30 Å². The lowest BCUT2D eigenvalue weighted by molar-refractivity contribution is -0.572. The number of imidazole rings is 1. The standard InChI is InChI=1S/C67H44N6O/c1-69-55-33-13-11-29-52(55)63-65-61(62-53-30-12-14-34-56(53)72(67(62)66(63)69)46-25-9-4-10-26-46)54-39-38-49(42-59(54)73(65)60-37-17-18-40-68-60)74-48-28-19-27-47(41-48)70-43-71(58-36-16-15-35-57(58)70)64-50(44-21-5-2-6-22-44)31-20-32-51(64)45-23-7-3-8-24-45/h2-42H,1H3. The van der Waals surface area contributed by atoms with Gasteiger partial charge in [0.1, 0.15) is 17.3 Å². The van der Waals surface area contributed by atoms with Gasteiger partial charge in [-0.2, -0.15) is 0 Å². The highest BCUT2D eigenvalue weighted by Crippen LogP contribution is 2.50. The summed E-state index contributed by atoms with van der Waals surface area (Å²) in [7, 11) is 2.20. The highest BCUT2D eigenvalue weighted by atomic mass is 16.5. The van der Waals surface area contributed by atoms with Crippen molar-refractivity contribution in [3.63, 3.8) is 0 Å². The van der Waals surface area contributed by atoms with Gasteiger partial charge in [-0.05, 0) is 89.0 Å². The van der Waals surface area contributed by atoms with Crippen LogP contribution in [0.3, 0.4) is 0 Å². The van der Waals surface area contributed by atoms with E-state index in [-0.39, 0.29) is 0 Å². The molecule has 0 N–H and O–H groups in total. The van der Waals surface area contributed by atoms with E-state index in [1.807, 2.05) is 18.3 Å². The molecule has 0 aliphatic rings. The minimum Gasteiger partial charge on any atom is -0.458 e. The van der Waals surface area contributed by atoms with Crippen LogP contribution in [0.25, 0.3) is 122 Å². The summed E-state index contributed by atoms with van der Waals surface area (Å²) >= 11 is 0. The summed E-state index contributed by atoms with van der Waals surface area (Å²) in [6.45, 7) is 0. The predicted molar refractivity (Wildman–Crippen MR) is 301 cm³/mol. The van der Waals surface area contributed by atoms with Crippen molar-refractivity contribution >= 4 is 76.5 Å². The maximum atomic E-state index is 7.00. The number of ether oxygens (including phenoxy) is 1. The molecule has 7 nitrogen and oxygen atoms in total. The van der Waals surface area contributed by atoms with Crippen molar-refractivity contribution in [2.75, 3.05) is 0 Å². The van der Waals surface area contributed by atoms with Crippen LogP contribution in [-0.2, 0) is 7.05 Å². The van der Waals surface area contributed by atoms with Gasteiger partial charge in [0.2, 0.25) is 0 Å². The smallest absolute Gasteiger partial charge is 0.269 e. The first-order valence-electron chi connectivity index (χ1n) is 25.0. The number of fused-ring (bicyclic) bond motifs is 13. The number of aromatic nitrogens is 6. The Kier molecular flexibility index (Phi) is 9.34. The van der Waals surface area contributed by atoms with Gasteiger partial charge in [0.05, 0.1) is 50.0 Å². The van der Waals surface area contributed by atoms with Crippen LogP contribution < -0.4 is 9.30 Å². The van der Waals surface area contributed by atoms with Crippen molar-refractivity contribution in [1.29, 1.82) is 0 Å². The fraction of sp³-hybridized carbons (Fsp3) is 0.0149. The van der Waals surface area contributed by atoms with E-state index >= 15 is 0 Å². The summed E-state index contributed by atoms with van der Waals surface area (Å²) in [4.78, 5) is 5.06. The third-order valence-electron chi connectivity index (χ3n) is 14.8. The summed E-state index contributed by atoms with van der Waals surface area (Å²) in [6, 6.07) is 85.7. The molecule has 348 valence electrons. The average molecular weight is 949 g/mol. The number of hydrogen-bond donors (Lipinski definition) is 0. The SMILES string of the molecule is Cn1c2ccccc2c2c1c1c(c3ccccc3n1-c1ccccc1)c1c3ccc(Oc4cccc(-[n+]5[c-]n(-c6c(-c7ccccc7)cccc6-c6ccccc6)c6ccccc65)c4)cc3n(-c3ccccn3)c12. The number of rotatable bonds is 8. The van der Waals surface area contributed by atoms with Crippen LogP contribution in [0.1, 0.15) is 0 Å². The Labute approximate surface area is 425 Å². The molecule has 0 amide bonds. The lowest BCUT2D eigenvalue weighted by Gasteiger charge is -2.17. The predicted octanol–water partition coefficient (Wildman–Crippen LogP) is 16.1. The zero-order chi connectivity index (χ0) is 48.9. The van der Waals surface area contributed by atoms with E-state index in [9.17, 15) is 0 Å². The van der Waals surface area contributed by atoms with E-state index in [0.717, 1.165) is 89.1 Å². The van der Waals surface area contributed by atoms with Gasteiger partial charge in [-0.1, -0.05) is 170 Å². The van der Waals surface area contributed by atoms with Crippen LogP contribution in [0, 0.1) is 6.33 Å². The number of hydrogen-bond acceptors (Lipinski definition) is 2. The number of aryl methyl sites for hydroxylation is 1. The summed E-state index contributed by atoms with van der Waals surface area (Å²) in [5.41, 5.74) is 16.4. The molecule has 0 atom stereocenters. The van der Waals surface area contributed by atoms with Crippen LogP contribution >= 0.6 is 0 Å². The van der Waals surface area contributed by atoms with E-state index in [1.165, 1.54) is 32.4 Å². The Morgan fingerprint density at radius 1 is 0.432 bits per heavy atom. The van der Waals surface area contributed by atoms with Crippen LogP contribution in [0.2, 0.25) is 0 Å². The highest BCUT2D eigenvalue weighted by Gasteiger charge is 2.28. The van der Waals surface area contributed by atoms with Crippen molar-refractivity contribution in [2.24, 2.45) is 7.05 Å². The summed E-state index contributed by atoms with van der Waals surface area (Å²) in [5, 5.41) is 7.05. The maximum Gasteiger partial charge on any atom is 0.269 e. The molecular weight excluding hydrogens is 905 g/mol. The first-order valence-corrected chi connectivity index (χ1v) is 25.0. The molecule has 0 radical (unpaired) electrons. The van der Waals surface area contributed by atoms with Gasteiger partial charge in [0, 0.05) is 62.8 Å². The van der Waals surface area contributed by atoms with Crippen molar-refractivity contribution in [3.8, 4) is 56.6 Å². The van der Waals surface area contributed by atoms with Gasteiger partial charge in [0.15, 0.2) is 0 Å². The molecule has 0 fully saturated rings. The van der Waals surface area contributed by atoms with Crippen LogP contribution in [0.15, 0.2) is 249 Å². The third kappa shape index (κ3) is 6.26. The second-order valence-corrected chi connectivity index (χ2v) is 18.9. The van der Waals surface area contributed by atoms with Gasteiger partial charge < -0.3 is 13.9 Å². The summed E-state index contributed by atoms with van der Waals surface area (Å²) in [6.07, 6.45) is 5.71. The Morgan fingerprint density at radius 2 is 1.03 bits per heavy atom. The molecule has 15 aromatic rings. The van der Waals surface area contributed by atoms with Crippen molar-refractivity contribution in [2.45, 2.75) is 0 Å². The van der Waals surface area contributed by atoms with E-state index in [4.69, 9.17) is 9.72 Å². The molecule has 15 rings (SSSR count). The summed E-state index contributed by atoms with van der Waals surface area (Å²) < 4.78 is 18.6. The molecule has 0 unspecified atom stereocenters. The summed E-state index contributed by atoms with van der Waals surface area (Å²) in [5.74, 6) is 2.26. The molecule has 5 heterocycles. The Morgan fingerprint density at radius 3 is 1.76 bits per heavy atom. The molecule has 0 bridgehead atoms. The van der Waals surface area contributed by atoms with Crippen LogP contribution in [0.4, 0.5) is 0 Å². The Bertz CT molecular complexity index is 4620. The fourth-order valence-electron chi connectivity index (χ4n) is 11.7. The second kappa shape index (κ2) is 16.6. The third-order valence-corrected chi connectivity index (χ3v) is 14.8. The first-order chi connectivity index (χ1) is 36.7. The van der Waals surface area contributed by atoms with Crippen LogP contribution in [-0.4, -0.2) is 23.3 Å². The largest absolute Gasteiger partial charge is 0.458 e. The number of benzene rings is 10. The molecule has 5 aromatic heterocycles. The molecule has 0 saturated carbocycles. The number of para-hydroxylation sites is 6. The lowest BCUT2D eigenvalue weighted by Crippen LogP contribution is -2.29. The number of nitrogens with zero attached hydrogens (tertiary/aromatic N) is 6. The second-order valence-electron chi connectivity index (χ2n) is 18.9. The quantitative estimate of drug-likeness (QED) is 0.113. The molecule has 74 heavy (non-hydrogen) atoms. The molecule has 0 spiro atoms. The van der Waals surface area contributed by atoms with Gasteiger partial charge in [-0.25, -0.2) is 4.98 Å². The minimum absolute atomic E-state index is 0.708. The monoisotopic (exact) mass is 948 g/mol. The van der Waals surface area contributed by atoms with Crippen molar-refractivity contribution in [1.82, 2.24) is 23.3 Å². The zero-order valence-electron chi connectivity index (χ0n) is 40.3. The van der Waals surface area contributed by atoms with Gasteiger partial charge >= 0.3 is 0 Å². The number of pyridine rings is 1. The van der Waals surface area contributed by atoms with Gasteiger partial charge in [0.25, 0.3) is 6.33 Å². The first kappa shape index (κ1) is 41.8. The lowest BCUT2D eigenvalue weighted by atomic mass is 9.95. The fourth-order valence-corrected chi connectivity index (χ4v) is 11.7. The zero-order valence-corrected chi connectivity index (χ0v) is 40.3. The normalized spacial score (nSPS) is 11.9. The van der Waals surface area contributed by atoms with E-state index < -0.39 is 0 Å². The van der Waals surface area contributed by atoms with E-state index in [2.05, 4.69) is 267 Å². The molecular formula is C67H44N6O. The maximum absolute atomic E-state index is 7.00. The minimum atomic E-state index is 0.708.